The summed E-state index contributed by atoms with van der Waals surface area (Å²) in [6.45, 7) is 5.71. The summed E-state index contributed by atoms with van der Waals surface area (Å²) in [5, 5.41) is 3.23. The maximum atomic E-state index is 11.3. The average molecular weight is 242 g/mol. The molecular weight excluding hydrogens is 224 g/mol. The van der Waals surface area contributed by atoms with E-state index in [0.717, 1.165) is 5.69 Å². The molecule has 0 saturated carbocycles. The van der Waals surface area contributed by atoms with Crippen LogP contribution in [0.25, 0.3) is 0 Å². The molecule has 1 aromatic rings. The number of anilines is 2. The Kier molecular flexibility index (Phi) is 4.18. The van der Waals surface area contributed by atoms with Gasteiger partial charge in [-0.1, -0.05) is 0 Å². The normalized spacial score (nSPS) is 11.5. The van der Waals surface area contributed by atoms with Crippen molar-refractivity contribution in [1.29, 1.82) is 0 Å². The Bertz CT molecular complexity index is 424. The Labute approximate surface area is 97.1 Å². The standard InChI is InChI=1S/C11H18N2O2S/c1-4-16(14,15)13-11-7-5-10(6-8-11)12-9(2)3/h5-9,12-13H,4H2,1-3H3. The van der Waals surface area contributed by atoms with Crippen LogP contribution in [0.4, 0.5) is 11.4 Å². The molecule has 5 heteroatoms. The fourth-order valence-corrected chi connectivity index (χ4v) is 1.86. The van der Waals surface area contributed by atoms with E-state index >= 15 is 0 Å². The quantitative estimate of drug-likeness (QED) is 0.832. The molecule has 2 N–H and O–H groups in total. The summed E-state index contributed by atoms with van der Waals surface area (Å²) >= 11 is 0. The molecule has 0 aliphatic heterocycles. The molecule has 0 fully saturated rings. The maximum absolute atomic E-state index is 11.3. The van der Waals surface area contributed by atoms with E-state index in [-0.39, 0.29) is 5.75 Å². The highest BCUT2D eigenvalue weighted by Gasteiger charge is 2.06. The minimum Gasteiger partial charge on any atom is -0.383 e. The molecule has 0 aliphatic carbocycles. The average Bonchev–Trinajstić information content (AvgIpc) is 2.20. The summed E-state index contributed by atoms with van der Waals surface area (Å²) < 4.78 is 25.1. The van der Waals surface area contributed by atoms with Crippen LogP contribution in [-0.2, 0) is 10.0 Å². The molecule has 0 spiro atoms. The van der Waals surface area contributed by atoms with E-state index in [1.807, 2.05) is 26.0 Å². The zero-order chi connectivity index (χ0) is 12.2. The first-order chi connectivity index (χ1) is 7.43. The van der Waals surface area contributed by atoms with Crippen molar-refractivity contribution in [1.82, 2.24) is 0 Å². The van der Waals surface area contributed by atoms with Crippen LogP contribution in [-0.4, -0.2) is 20.2 Å². The van der Waals surface area contributed by atoms with Gasteiger partial charge in [-0.05, 0) is 45.0 Å². The van der Waals surface area contributed by atoms with E-state index in [1.54, 1.807) is 19.1 Å². The van der Waals surface area contributed by atoms with Crippen molar-refractivity contribution in [3.05, 3.63) is 24.3 Å². The second kappa shape index (κ2) is 5.21. The first-order valence-corrected chi connectivity index (χ1v) is 6.95. The monoisotopic (exact) mass is 242 g/mol. The van der Waals surface area contributed by atoms with Crippen molar-refractivity contribution >= 4 is 21.4 Å². The molecule has 0 aliphatic rings. The lowest BCUT2D eigenvalue weighted by Gasteiger charge is -2.11. The minimum absolute atomic E-state index is 0.0823. The summed E-state index contributed by atoms with van der Waals surface area (Å²) in [6, 6.07) is 7.56. The minimum atomic E-state index is -3.18. The third-order valence-corrected chi connectivity index (χ3v) is 3.30. The largest absolute Gasteiger partial charge is 0.383 e. The van der Waals surface area contributed by atoms with Gasteiger partial charge in [0.15, 0.2) is 0 Å². The molecule has 0 aromatic heterocycles. The summed E-state index contributed by atoms with van der Waals surface area (Å²) in [5.41, 5.74) is 1.57. The molecule has 4 nitrogen and oxygen atoms in total. The number of nitrogens with one attached hydrogen (secondary N) is 2. The van der Waals surface area contributed by atoms with Crippen molar-refractivity contribution in [3.8, 4) is 0 Å². The predicted octanol–water partition coefficient (Wildman–Crippen LogP) is 2.27. The third-order valence-electron chi connectivity index (χ3n) is 1.99. The van der Waals surface area contributed by atoms with E-state index in [2.05, 4.69) is 10.0 Å². The van der Waals surface area contributed by atoms with Crippen LogP contribution >= 0.6 is 0 Å². The highest BCUT2D eigenvalue weighted by Crippen LogP contribution is 2.15. The molecule has 0 amide bonds. The Morgan fingerprint density at radius 3 is 2.06 bits per heavy atom. The summed E-state index contributed by atoms with van der Waals surface area (Å²) in [4.78, 5) is 0. The van der Waals surface area contributed by atoms with E-state index in [4.69, 9.17) is 0 Å². The lowest BCUT2D eigenvalue weighted by atomic mass is 10.2. The van der Waals surface area contributed by atoms with Crippen LogP contribution in [0, 0.1) is 0 Å². The molecule has 0 bridgehead atoms. The van der Waals surface area contributed by atoms with Crippen molar-refractivity contribution in [2.45, 2.75) is 26.8 Å². The first-order valence-electron chi connectivity index (χ1n) is 5.30. The van der Waals surface area contributed by atoms with Gasteiger partial charge in [-0.25, -0.2) is 8.42 Å². The molecule has 1 rings (SSSR count). The van der Waals surface area contributed by atoms with Gasteiger partial charge < -0.3 is 5.32 Å². The Hall–Kier alpha value is -1.23. The zero-order valence-electron chi connectivity index (χ0n) is 9.82. The van der Waals surface area contributed by atoms with Crippen LogP contribution in [0.1, 0.15) is 20.8 Å². The zero-order valence-corrected chi connectivity index (χ0v) is 10.6. The fourth-order valence-electron chi connectivity index (χ4n) is 1.22. The van der Waals surface area contributed by atoms with Gasteiger partial charge in [0.05, 0.1) is 5.75 Å². The van der Waals surface area contributed by atoms with Crippen LogP contribution < -0.4 is 10.0 Å². The number of benzene rings is 1. The highest BCUT2D eigenvalue weighted by atomic mass is 32.2. The van der Waals surface area contributed by atoms with Gasteiger partial charge in [-0.2, -0.15) is 0 Å². The van der Waals surface area contributed by atoms with Crippen LogP contribution in [0.15, 0.2) is 24.3 Å². The predicted molar refractivity (Wildman–Crippen MR) is 68.3 cm³/mol. The van der Waals surface area contributed by atoms with Crippen molar-refractivity contribution in [2.24, 2.45) is 0 Å². The lowest BCUT2D eigenvalue weighted by molar-refractivity contribution is 0.602. The second-order valence-electron chi connectivity index (χ2n) is 3.88. The topological polar surface area (TPSA) is 58.2 Å². The molecule has 0 heterocycles. The molecule has 0 saturated heterocycles. The summed E-state index contributed by atoms with van der Waals surface area (Å²) in [5.74, 6) is 0.0823. The van der Waals surface area contributed by atoms with Gasteiger partial charge in [-0.3, -0.25) is 4.72 Å². The summed E-state index contributed by atoms with van der Waals surface area (Å²) in [7, 11) is -3.18. The SMILES string of the molecule is CCS(=O)(=O)Nc1ccc(NC(C)C)cc1. The number of hydrogen-bond donors (Lipinski definition) is 2. The van der Waals surface area contributed by atoms with Crippen LogP contribution in [0.3, 0.4) is 0 Å². The van der Waals surface area contributed by atoms with E-state index in [0.29, 0.717) is 11.7 Å². The van der Waals surface area contributed by atoms with E-state index < -0.39 is 10.0 Å². The molecule has 16 heavy (non-hydrogen) atoms. The molecule has 0 radical (unpaired) electrons. The fraction of sp³-hybridized carbons (Fsp3) is 0.455. The van der Waals surface area contributed by atoms with Gasteiger partial charge in [0.25, 0.3) is 0 Å². The van der Waals surface area contributed by atoms with Crippen LogP contribution in [0.5, 0.6) is 0 Å². The molecule has 0 atom stereocenters. The van der Waals surface area contributed by atoms with Gasteiger partial charge >= 0.3 is 0 Å². The lowest BCUT2D eigenvalue weighted by Crippen LogP contribution is -2.14. The van der Waals surface area contributed by atoms with E-state index in [1.165, 1.54) is 0 Å². The Morgan fingerprint density at radius 2 is 1.62 bits per heavy atom. The Balaban J connectivity index is 2.72. The van der Waals surface area contributed by atoms with Gasteiger partial charge in [-0.15, -0.1) is 0 Å². The number of hydrogen-bond acceptors (Lipinski definition) is 3. The maximum Gasteiger partial charge on any atom is 0.232 e. The van der Waals surface area contributed by atoms with Crippen molar-refractivity contribution < 1.29 is 8.42 Å². The molecular formula is C11H18N2O2S. The number of rotatable bonds is 5. The van der Waals surface area contributed by atoms with E-state index in [9.17, 15) is 8.42 Å². The van der Waals surface area contributed by atoms with Crippen molar-refractivity contribution in [2.75, 3.05) is 15.8 Å². The third kappa shape index (κ3) is 4.10. The van der Waals surface area contributed by atoms with Gasteiger partial charge in [0, 0.05) is 17.4 Å². The number of sulfonamides is 1. The molecule has 1 aromatic carbocycles. The smallest absolute Gasteiger partial charge is 0.232 e. The van der Waals surface area contributed by atoms with Crippen molar-refractivity contribution in [3.63, 3.8) is 0 Å². The molecule has 0 unspecified atom stereocenters. The first kappa shape index (κ1) is 12.8. The van der Waals surface area contributed by atoms with Gasteiger partial charge in [0.2, 0.25) is 10.0 Å². The Morgan fingerprint density at radius 1 is 1.12 bits per heavy atom. The highest BCUT2D eigenvalue weighted by molar-refractivity contribution is 7.92. The molecule has 90 valence electrons. The second-order valence-corrected chi connectivity index (χ2v) is 5.89. The summed E-state index contributed by atoms with van der Waals surface area (Å²) in [6.07, 6.45) is 0. The van der Waals surface area contributed by atoms with Crippen LogP contribution in [0.2, 0.25) is 0 Å². The van der Waals surface area contributed by atoms with Gasteiger partial charge in [0.1, 0.15) is 0 Å².